The monoisotopic (exact) mass is 306 g/mol. The fraction of sp³-hybridized carbons (Fsp3) is 0.400. The minimum absolute atomic E-state index is 0.830. The number of hydrogen-bond acceptors (Lipinski definition) is 2. The summed E-state index contributed by atoms with van der Waals surface area (Å²) in [6, 6.07) is 10.5. The van der Waals surface area contributed by atoms with Gasteiger partial charge in [0.25, 0.3) is 0 Å². The Morgan fingerprint density at radius 1 is 1.13 bits per heavy atom. The van der Waals surface area contributed by atoms with Gasteiger partial charge in [-0.2, -0.15) is 0 Å². The third-order valence-electron chi connectivity index (χ3n) is 2.47. The first-order valence-electron chi connectivity index (χ1n) is 4.93. The van der Waals surface area contributed by atoms with Crippen molar-refractivity contribution in [3.8, 4) is 0 Å². The molecule has 0 atom stereocenters. The Hall–Kier alpha value is 0.306. The molecule has 0 saturated carbocycles. The predicted molar refractivity (Wildman–Crippen MR) is 68.1 cm³/mol. The van der Waals surface area contributed by atoms with Crippen LogP contribution >= 0.6 is 5.51 Å². The summed E-state index contributed by atoms with van der Waals surface area (Å²) in [7, 11) is -1.80. The van der Waals surface area contributed by atoms with E-state index >= 15 is 0 Å². The molecule has 1 aliphatic rings. The summed E-state index contributed by atoms with van der Waals surface area (Å²) >= 11 is 3.33. The normalized spacial score (nSPS) is 23.6. The summed E-state index contributed by atoms with van der Waals surface area (Å²) in [5.41, 5.74) is -1.33. The first kappa shape index (κ1) is 11.8. The summed E-state index contributed by atoms with van der Waals surface area (Å²) in [6.45, 7) is 4.20. The summed E-state index contributed by atoms with van der Waals surface area (Å²) in [4.78, 5) is 0. The second-order valence-electron chi connectivity index (χ2n) is 4.17. The molecular formula is C10H15O2PSeSi. The van der Waals surface area contributed by atoms with Crippen molar-refractivity contribution in [2.45, 2.75) is 13.1 Å². The van der Waals surface area contributed by atoms with E-state index in [-0.39, 0.29) is 0 Å². The maximum absolute atomic E-state index is 5.87. The van der Waals surface area contributed by atoms with E-state index in [0.29, 0.717) is 0 Å². The van der Waals surface area contributed by atoms with Gasteiger partial charge in [-0.05, 0) is 0 Å². The minimum atomic E-state index is -1.80. The second-order valence-corrected chi connectivity index (χ2v) is 14.8. The van der Waals surface area contributed by atoms with Gasteiger partial charge in [0.2, 0.25) is 0 Å². The van der Waals surface area contributed by atoms with Crippen LogP contribution in [0.2, 0.25) is 13.1 Å². The molecule has 82 valence electrons. The maximum atomic E-state index is 5.87. The third-order valence-corrected chi connectivity index (χ3v) is 9.62. The Balaban J connectivity index is 2.21. The molecule has 2 rings (SSSR count). The molecule has 1 aromatic carbocycles. The molecule has 0 spiro atoms. The summed E-state index contributed by atoms with van der Waals surface area (Å²) < 4.78 is 11.7. The van der Waals surface area contributed by atoms with Crippen molar-refractivity contribution < 1.29 is 8.85 Å². The van der Waals surface area contributed by atoms with Crippen molar-refractivity contribution in [2.24, 2.45) is 0 Å². The molecule has 15 heavy (non-hydrogen) atoms. The zero-order chi connectivity index (χ0) is 10.9. The van der Waals surface area contributed by atoms with E-state index in [0.717, 1.165) is 12.7 Å². The van der Waals surface area contributed by atoms with Gasteiger partial charge in [0.15, 0.2) is 0 Å². The average molecular weight is 305 g/mol. The predicted octanol–water partition coefficient (Wildman–Crippen LogP) is 2.08. The zero-order valence-electron chi connectivity index (χ0n) is 8.97. The Kier molecular flexibility index (Phi) is 3.37. The topological polar surface area (TPSA) is 18.5 Å². The Labute approximate surface area is 99.5 Å². The van der Waals surface area contributed by atoms with Crippen LogP contribution < -0.4 is 5.30 Å². The van der Waals surface area contributed by atoms with Gasteiger partial charge in [0.05, 0.1) is 0 Å². The summed E-state index contributed by atoms with van der Waals surface area (Å²) in [5.74, 6) is 0. The van der Waals surface area contributed by atoms with Gasteiger partial charge in [-0.25, -0.2) is 0 Å². The standard InChI is InChI=1S/C10H15O2PSeSi/c1-15(2)11-8-13(14,9-12-15)10-6-4-3-5-7-10/h3-7H,8-9H2,1-2H3. The van der Waals surface area contributed by atoms with Gasteiger partial charge >= 0.3 is 99.4 Å². The van der Waals surface area contributed by atoms with E-state index in [1.165, 1.54) is 5.30 Å². The fourth-order valence-corrected chi connectivity index (χ4v) is 9.53. The van der Waals surface area contributed by atoms with Crippen LogP contribution in [0.5, 0.6) is 0 Å². The van der Waals surface area contributed by atoms with Crippen LogP contribution in [0, 0.1) is 0 Å². The van der Waals surface area contributed by atoms with Gasteiger partial charge in [-0.3, -0.25) is 0 Å². The van der Waals surface area contributed by atoms with E-state index in [4.69, 9.17) is 8.85 Å². The first-order valence-corrected chi connectivity index (χ1v) is 12.1. The van der Waals surface area contributed by atoms with Crippen molar-refractivity contribution in [3.63, 3.8) is 0 Å². The van der Waals surface area contributed by atoms with Crippen LogP contribution in [0.3, 0.4) is 0 Å². The Morgan fingerprint density at radius 3 is 2.20 bits per heavy atom. The van der Waals surface area contributed by atoms with E-state index in [2.05, 4.69) is 52.5 Å². The Bertz CT molecular complexity index is 380. The molecule has 1 heterocycles. The third kappa shape index (κ3) is 2.70. The van der Waals surface area contributed by atoms with Crippen molar-refractivity contribution >= 4 is 34.5 Å². The molecule has 1 aliphatic heterocycles. The van der Waals surface area contributed by atoms with Gasteiger partial charge < -0.3 is 0 Å². The van der Waals surface area contributed by atoms with E-state index in [1.54, 1.807) is 0 Å². The van der Waals surface area contributed by atoms with E-state index < -0.39 is 14.1 Å². The summed E-state index contributed by atoms with van der Waals surface area (Å²) in [6.07, 6.45) is 1.66. The van der Waals surface area contributed by atoms with Crippen molar-refractivity contribution in [3.05, 3.63) is 30.3 Å². The van der Waals surface area contributed by atoms with Crippen LogP contribution in [0.1, 0.15) is 0 Å². The van der Waals surface area contributed by atoms with Crippen molar-refractivity contribution in [2.75, 3.05) is 12.7 Å². The molecule has 0 amide bonds. The molecule has 1 aromatic rings. The van der Waals surface area contributed by atoms with E-state index in [9.17, 15) is 0 Å². The van der Waals surface area contributed by atoms with Gasteiger partial charge in [0.1, 0.15) is 0 Å². The number of rotatable bonds is 1. The van der Waals surface area contributed by atoms with Crippen LogP contribution in [-0.2, 0) is 8.85 Å². The van der Waals surface area contributed by atoms with Crippen LogP contribution in [-0.4, -0.2) is 36.4 Å². The number of benzene rings is 1. The summed E-state index contributed by atoms with van der Waals surface area (Å²) in [5, 5.41) is 1.36. The molecular weight excluding hydrogens is 290 g/mol. The molecule has 1 fully saturated rings. The zero-order valence-corrected chi connectivity index (χ0v) is 12.6. The van der Waals surface area contributed by atoms with Crippen LogP contribution in [0.15, 0.2) is 30.3 Å². The SMILES string of the molecule is C[Si]1(C)OCP(=[Se])(c2ccccc2)CO1. The molecule has 1 saturated heterocycles. The second kappa shape index (κ2) is 4.29. The molecule has 0 unspecified atom stereocenters. The molecule has 0 bridgehead atoms. The van der Waals surface area contributed by atoms with Crippen LogP contribution in [0.4, 0.5) is 0 Å². The molecule has 0 aromatic heterocycles. The van der Waals surface area contributed by atoms with Gasteiger partial charge in [-0.1, -0.05) is 0 Å². The fourth-order valence-electron chi connectivity index (χ4n) is 1.45. The Morgan fingerprint density at radius 2 is 1.67 bits per heavy atom. The van der Waals surface area contributed by atoms with Crippen molar-refractivity contribution in [1.82, 2.24) is 0 Å². The van der Waals surface area contributed by atoms with Gasteiger partial charge in [-0.15, -0.1) is 0 Å². The van der Waals surface area contributed by atoms with Gasteiger partial charge in [0, 0.05) is 0 Å². The first-order chi connectivity index (χ1) is 7.02. The quantitative estimate of drug-likeness (QED) is 0.584. The molecule has 5 heteroatoms. The average Bonchev–Trinajstić information content (AvgIpc) is 2.24. The van der Waals surface area contributed by atoms with Crippen LogP contribution in [0.25, 0.3) is 0 Å². The van der Waals surface area contributed by atoms with Crippen molar-refractivity contribution in [1.29, 1.82) is 0 Å². The molecule has 0 N–H and O–H groups in total. The molecule has 2 nitrogen and oxygen atoms in total. The number of hydrogen-bond donors (Lipinski definition) is 0. The van der Waals surface area contributed by atoms with E-state index in [1.807, 2.05) is 6.07 Å². The molecule has 0 aliphatic carbocycles. The molecule has 0 radical (unpaired) electrons.